The lowest BCUT2D eigenvalue weighted by atomic mass is 10.2. The summed E-state index contributed by atoms with van der Waals surface area (Å²) < 4.78 is 23.2. The SMILES string of the molecule is CN(Cc1ccc(Cl)s1)c1ccc(S(N)(=O)=O)cc1[N+](=O)[O-]. The fourth-order valence-corrected chi connectivity index (χ4v) is 3.58. The van der Waals surface area contributed by atoms with E-state index in [1.807, 2.05) is 6.07 Å². The Morgan fingerprint density at radius 3 is 2.55 bits per heavy atom. The number of sulfonamides is 1. The Kier molecular flexibility index (Phi) is 4.71. The van der Waals surface area contributed by atoms with E-state index in [4.69, 9.17) is 16.7 Å². The van der Waals surface area contributed by atoms with Crippen LogP contribution in [-0.2, 0) is 16.6 Å². The van der Waals surface area contributed by atoms with Gasteiger partial charge in [0.1, 0.15) is 5.69 Å². The summed E-state index contributed by atoms with van der Waals surface area (Å²) in [5, 5.41) is 16.2. The smallest absolute Gasteiger partial charge is 0.293 e. The molecule has 22 heavy (non-hydrogen) atoms. The molecule has 0 saturated heterocycles. The van der Waals surface area contributed by atoms with Crippen LogP contribution < -0.4 is 10.0 Å². The van der Waals surface area contributed by atoms with Crippen LogP contribution in [0.15, 0.2) is 35.2 Å². The van der Waals surface area contributed by atoms with Gasteiger partial charge in [-0.25, -0.2) is 13.6 Å². The molecule has 0 unspecified atom stereocenters. The second kappa shape index (κ2) is 6.21. The molecule has 0 aliphatic heterocycles. The molecule has 0 amide bonds. The normalized spacial score (nSPS) is 11.4. The first-order chi connectivity index (χ1) is 10.2. The summed E-state index contributed by atoms with van der Waals surface area (Å²) >= 11 is 7.22. The number of hydrogen-bond donors (Lipinski definition) is 1. The highest BCUT2D eigenvalue weighted by Gasteiger charge is 2.21. The van der Waals surface area contributed by atoms with Crippen molar-refractivity contribution in [3.63, 3.8) is 0 Å². The van der Waals surface area contributed by atoms with Gasteiger partial charge in [0.05, 0.1) is 20.7 Å². The molecular weight excluding hydrogens is 350 g/mol. The second-order valence-corrected chi connectivity index (χ2v) is 7.88. The highest BCUT2D eigenvalue weighted by molar-refractivity contribution is 7.89. The lowest BCUT2D eigenvalue weighted by Crippen LogP contribution is -2.18. The van der Waals surface area contributed by atoms with E-state index in [2.05, 4.69) is 0 Å². The van der Waals surface area contributed by atoms with Gasteiger partial charge in [0.25, 0.3) is 5.69 Å². The van der Waals surface area contributed by atoms with Crippen LogP contribution in [0.3, 0.4) is 0 Å². The zero-order chi connectivity index (χ0) is 16.5. The van der Waals surface area contributed by atoms with Crippen LogP contribution in [0.2, 0.25) is 4.34 Å². The number of hydrogen-bond acceptors (Lipinski definition) is 6. The highest BCUT2D eigenvalue weighted by Crippen LogP contribution is 2.32. The summed E-state index contributed by atoms with van der Waals surface area (Å²) in [6.45, 7) is 0.410. The van der Waals surface area contributed by atoms with Gasteiger partial charge >= 0.3 is 0 Å². The first-order valence-corrected chi connectivity index (χ1v) is 8.69. The molecule has 10 heteroatoms. The highest BCUT2D eigenvalue weighted by atomic mass is 35.5. The summed E-state index contributed by atoms with van der Waals surface area (Å²) in [7, 11) is -2.32. The van der Waals surface area contributed by atoms with E-state index in [9.17, 15) is 18.5 Å². The van der Waals surface area contributed by atoms with E-state index in [-0.39, 0.29) is 10.6 Å². The van der Waals surface area contributed by atoms with Crippen molar-refractivity contribution >= 4 is 44.3 Å². The first-order valence-electron chi connectivity index (χ1n) is 5.95. The quantitative estimate of drug-likeness (QED) is 0.650. The van der Waals surface area contributed by atoms with Gasteiger partial charge in [-0.05, 0) is 24.3 Å². The minimum atomic E-state index is -4.00. The molecule has 0 bridgehead atoms. The first kappa shape index (κ1) is 16.7. The van der Waals surface area contributed by atoms with Crippen molar-refractivity contribution in [2.45, 2.75) is 11.4 Å². The summed E-state index contributed by atoms with van der Waals surface area (Å²) in [5.74, 6) is 0. The predicted molar refractivity (Wildman–Crippen MR) is 85.9 cm³/mol. The van der Waals surface area contributed by atoms with Crippen LogP contribution in [0.4, 0.5) is 11.4 Å². The van der Waals surface area contributed by atoms with Gasteiger partial charge < -0.3 is 4.90 Å². The maximum atomic E-state index is 11.3. The second-order valence-electron chi connectivity index (χ2n) is 4.51. The number of primary sulfonamides is 1. The molecule has 1 aromatic carbocycles. The number of halogens is 1. The van der Waals surface area contributed by atoms with Gasteiger partial charge in [0, 0.05) is 18.0 Å². The van der Waals surface area contributed by atoms with E-state index in [0.717, 1.165) is 10.9 Å². The number of benzene rings is 1. The van der Waals surface area contributed by atoms with Gasteiger partial charge in [0.15, 0.2) is 0 Å². The number of thiophene rings is 1. The molecule has 0 radical (unpaired) electrons. The van der Waals surface area contributed by atoms with Gasteiger partial charge in [0.2, 0.25) is 10.0 Å². The summed E-state index contributed by atoms with van der Waals surface area (Å²) in [5.41, 5.74) is -0.0291. The van der Waals surface area contributed by atoms with Crippen molar-refractivity contribution in [1.29, 1.82) is 0 Å². The Bertz CT molecular complexity index is 820. The molecule has 0 aliphatic carbocycles. The van der Waals surface area contributed by atoms with Crippen molar-refractivity contribution in [2.24, 2.45) is 5.14 Å². The van der Waals surface area contributed by atoms with Crippen LogP contribution in [0.25, 0.3) is 0 Å². The molecule has 7 nitrogen and oxygen atoms in total. The van der Waals surface area contributed by atoms with Crippen molar-refractivity contribution in [3.05, 3.63) is 49.7 Å². The van der Waals surface area contributed by atoms with Crippen molar-refractivity contribution < 1.29 is 13.3 Å². The molecule has 1 aromatic heterocycles. The molecule has 2 rings (SSSR count). The van der Waals surface area contributed by atoms with E-state index in [1.165, 1.54) is 23.5 Å². The molecule has 118 valence electrons. The maximum Gasteiger partial charge on any atom is 0.293 e. The summed E-state index contributed by atoms with van der Waals surface area (Å²) in [4.78, 5) is 12.8. The average molecular weight is 362 g/mol. The van der Waals surface area contributed by atoms with Crippen LogP contribution in [0, 0.1) is 10.1 Å². The molecular formula is C12H12ClN3O4S2. The van der Waals surface area contributed by atoms with E-state index in [1.54, 1.807) is 18.0 Å². The molecule has 0 atom stereocenters. The minimum Gasteiger partial charge on any atom is -0.364 e. The maximum absolute atomic E-state index is 11.3. The van der Waals surface area contributed by atoms with Crippen LogP contribution in [0.1, 0.15) is 4.88 Å². The van der Waals surface area contributed by atoms with Crippen LogP contribution in [-0.4, -0.2) is 20.4 Å². The molecule has 2 N–H and O–H groups in total. The largest absolute Gasteiger partial charge is 0.364 e. The Balaban J connectivity index is 2.39. The number of nitro benzene ring substituents is 1. The van der Waals surface area contributed by atoms with Crippen LogP contribution >= 0.6 is 22.9 Å². The van der Waals surface area contributed by atoms with Gasteiger partial charge in [-0.2, -0.15) is 0 Å². The van der Waals surface area contributed by atoms with E-state index in [0.29, 0.717) is 16.6 Å². The van der Waals surface area contributed by atoms with Gasteiger partial charge in [-0.1, -0.05) is 11.6 Å². The lowest BCUT2D eigenvalue weighted by Gasteiger charge is -2.18. The molecule has 0 spiro atoms. The zero-order valence-corrected chi connectivity index (χ0v) is 13.8. The average Bonchev–Trinajstić information content (AvgIpc) is 2.82. The Labute approximate surface area is 136 Å². The Morgan fingerprint density at radius 1 is 1.36 bits per heavy atom. The van der Waals surface area contributed by atoms with Crippen LogP contribution in [0.5, 0.6) is 0 Å². The fourth-order valence-electron chi connectivity index (χ4n) is 1.90. The number of nitrogens with zero attached hydrogens (tertiary/aromatic N) is 2. The molecule has 0 aliphatic rings. The summed E-state index contributed by atoms with van der Waals surface area (Å²) in [6.07, 6.45) is 0. The number of rotatable bonds is 5. The number of nitro groups is 1. The van der Waals surface area contributed by atoms with Crippen molar-refractivity contribution in [3.8, 4) is 0 Å². The third-order valence-electron chi connectivity index (χ3n) is 2.91. The Morgan fingerprint density at radius 2 is 2.05 bits per heavy atom. The minimum absolute atomic E-state index is 0.293. The van der Waals surface area contributed by atoms with Gasteiger partial charge in [-0.3, -0.25) is 10.1 Å². The topological polar surface area (TPSA) is 107 Å². The molecule has 0 saturated carbocycles. The monoisotopic (exact) mass is 361 g/mol. The van der Waals surface area contributed by atoms with Crippen molar-refractivity contribution in [2.75, 3.05) is 11.9 Å². The molecule has 0 fully saturated rings. The number of anilines is 1. The third-order valence-corrected chi connectivity index (χ3v) is 5.03. The van der Waals surface area contributed by atoms with Crippen molar-refractivity contribution in [1.82, 2.24) is 0 Å². The Hall–Kier alpha value is -1.68. The lowest BCUT2D eigenvalue weighted by molar-refractivity contribution is -0.384. The molecule has 1 heterocycles. The zero-order valence-electron chi connectivity index (χ0n) is 11.4. The van der Waals surface area contributed by atoms with E-state index >= 15 is 0 Å². The van der Waals surface area contributed by atoms with E-state index < -0.39 is 14.9 Å². The molecule has 2 aromatic rings. The summed E-state index contributed by atoms with van der Waals surface area (Å²) in [6, 6.07) is 7.15. The van der Waals surface area contributed by atoms with Gasteiger partial charge in [-0.15, -0.1) is 11.3 Å². The number of nitrogens with two attached hydrogens (primary N) is 1. The fraction of sp³-hybridized carbons (Fsp3) is 0.167. The predicted octanol–water partition coefficient (Wildman–Crippen LogP) is 2.59. The standard InChI is InChI=1S/C12H12ClN3O4S2/c1-15(7-8-2-5-12(13)21-8)10-4-3-9(22(14,19)20)6-11(10)16(17)18/h2-6H,7H2,1H3,(H2,14,19,20). The third kappa shape index (κ3) is 3.74.